The van der Waals surface area contributed by atoms with E-state index in [1.165, 1.54) is 14.0 Å². The first-order chi connectivity index (χ1) is 10.7. The summed E-state index contributed by atoms with van der Waals surface area (Å²) in [5, 5.41) is 10.4. The Morgan fingerprint density at radius 2 is 1.74 bits per heavy atom. The Morgan fingerprint density at radius 1 is 1.17 bits per heavy atom. The molecule has 0 aliphatic carbocycles. The molecule has 0 spiro atoms. The number of carbonyl (C=O) groups excluding carboxylic acids is 2. The number of aliphatic hydroxyl groups excluding tert-OH is 1. The van der Waals surface area contributed by atoms with Gasteiger partial charge in [-0.3, -0.25) is 9.59 Å². The molecule has 0 unspecified atom stereocenters. The van der Waals surface area contributed by atoms with Gasteiger partial charge in [-0.05, 0) is 46.2 Å². The number of carbonyl (C=O) groups is 2. The topological polar surface area (TPSA) is 66.8 Å². The molecule has 5 nitrogen and oxygen atoms in total. The van der Waals surface area contributed by atoms with Gasteiger partial charge in [0.1, 0.15) is 11.5 Å². The van der Waals surface area contributed by atoms with E-state index < -0.39 is 6.10 Å². The van der Waals surface area contributed by atoms with Crippen molar-refractivity contribution in [3.05, 3.63) is 29.3 Å². The lowest BCUT2D eigenvalue weighted by atomic mass is 9.96. The summed E-state index contributed by atoms with van der Waals surface area (Å²) in [6, 6.07) is 5.08. The van der Waals surface area contributed by atoms with Crippen LogP contribution in [-0.2, 0) is 4.79 Å². The number of amides is 1. The Kier molecular flexibility index (Phi) is 6.76. The Balaban J connectivity index is 3.42. The number of aliphatic hydroxyl groups is 1. The second-order valence-electron chi connectivity index (χ2n) is 6.25. The van der Waals surface area contributed by atoms with Gasteiger partial charge in [0.05, 0.1) is 18.8 Å². The minimum absolute atomic E-state index is 0.00483. The number of rotatable bonds is 7. The zero-order valence-electron chi connectivity index (χ0n) is 14.8. The van der Waals surface area contributed by atoms with Crippen LogP contribution in [0.5, 0.6) is 5.75 Å². The highest BCUT2D eigenvalue weighted by Crippen LogP contribution is 2.31. The third kappa shape index (κ3) is 4.55. The third-order valence-corrected chi connectivity index (χ3v) is 3.68. The fraction of sp³-hybridized carbons (Fsp3) is 0.556. The van der Waals surface area contributed by atoms with Crippen molar-refractivity contribution in [3.63, 3.8) is 0 Å². The van der Waals surface area contributed by atoms with E-state index in [0.29, 0.717) is 16.9 Å². The Labute approximate surface area is 138 Å². The molecule has 0 saturated carbocycles. The van der Waals surface area contributed by atoms with Crippen LogP contribution >= 0.6 is 0 Å². The number of hydrogen-bond acceptors (Lipinski definition) is 4. The van der Waals surface area contributed by atoms with Gasteiger partial charge in [-0.25, -0.2) is 0 Å². The van der Waals surface area contributed by atoms with Crippen LogP contribution in [0.1, 0.15) is 63.1 Å². The van der Waals surface area contributed by atoms with Crippen molar-refractivity contribution in [1.82, 2.24) is 4.90 Å². The van der Waals surface area contributed by atoms with Crippen LogP contribution < -0.4 is 4.74 Å². The van der Waals surface area contributed by atoms with Gasteiger partial charge in [-0.1, -0.05) is 12.1 Å². The average molecular weight is 321 g/mol. The van der Waals surface area contributed by atoms with E-state index in [0.717, 1.165) is 0 Å². The van der Waals surface area contributed by atoms with Gasteiger partial charge in [0.25, 0.3) is 5.91 Å². The Morgan fingerprint density at radius 3 is 2.17 bits per heavy atom. The molecule has 0 fully saturated rings. The molecule has 1 amide bonds. The van der Waals surface area contributed by atoms with Crippen LogP contribution in [-0.4, -0.2) is 40.9 Å². The van der Waals surface area contributed by atoms with Crippen LogP contribution in [0.3, 0.4) is 0 Å². The van der Waals surface area contributed by atoms with Gasteiger partial charge >= 0.3 is 0 Å². The number of ether oxygens (including phenoxy) is 1. The Hall–Kier alpha value is -1.88. The number of methoxy groups -OCH3 is 1. The lowest BCUT2D eigenvalue weighted by Gasteiger charge is -2.32. The van der Waals surface area contributed by atoms with Crippen molar-refractivity contribution < 1.29 is 19.4 Å². The Bertz CT molecular complexity index is 558. The summed E-state index contributed by atoms with van der Waals surface area (Å²) in [4.78, 5) is 26.1. The lowest BCUT2D eigenvalue weighted by molar-refractivity contribution is -0.118. The quantitative estimate of drug-likeness (QED) is 0.838. The van der Waals surface area contributed by atoms with Gasteiger partial charge < -0.3 is 14.7 Å². The molecule has 1 aromatic carbocycles. The van der Waals surface area contributed by atoms with Gasteiger partial charge in [-0.15, -0.1) is 0 Å². The molecule has 0 aromatic heterocycles. The van der Waals surface area contributed by atoms with Crippen molar-refractivity contribution >= 4 is 11.7 Å². The highest BCUT2D eigenvalue weighted by molar-refractivity contribution is 5.99. The van der Waals surface area contributed by atoms with Crippen molar-refractivity contribution in [2.75, 3.05) is 7.11 Å². The van der Waals surface area contributed by atoms with E-state index in [-0.39, 0.29) is 30.2 Å². The van der Waals surface area contributed by atoms with Crippen molar-refractivity contribution in [2.45, 2.75) is 59.2 Å². The summed E-state index contributed by atoms with van der Waals surface area (Å²) in [7, 11) is 1.49. The highest BCUT2D eigenvalue weighted by Gasteiger charge is 2.29. The van der Waals surface area contributed by atoms with Crippen LogP contribution in [0.2, 0.25) is 0 Å². The molecule has 0 saturated heterocycles. The first kappa shape index (κ1) is 19.2. The zero-order valence-corrected chi connectivity index (χ0v) is 14.8. The summed E-state index contributed by atoms with van der Waals surface area (Å²) in [5.41, 5.74) is 0.752. The standard InChI is InChI=1S/C18H27NO4/c1-11(2)19(12(3)4)18(22)17-14(15(21)10-13(5)20)8-7-9-16(17)23-6/h7-9,11-12,15,21H,10H2,1-6H3/t15-/m0/s1. The van der Waals surface area contributed by atoms with Crippen molar-refractivity contribution in [2.24, 2.45) is 0 Å². The highest BCUT2D eigenvalue weighted by atomic mass is 16.5. The van der Waals surface area contributed by atoms with Gasteiger partial charge in [-0.2, -0.15) is 0 Å². The fourth-order valence-electron chi connectivity index (χ4n) is 2.80. The van der Waals surface area contributed by atoms with Gasteiger partial charge in [0.2, 0.25) is 0 Å². The average Bonchev–Trinajstić information content (AvgIpc) is 2.44. The molecule has 128 valence electrons. The van der Waals surface area contributed by atoms with E-state index in [4.69, 9.17) is 4.74 Å². The van der Waals surface area contributed by atoms with Crippen LogP contribution in [0.15, 0.2) is 18.2 Å². The van der Waals surface area contributed by atoms with Crippen molar-refractivity contribution in [3.8, 4) is 5.75 Å². The molecule has 5 heteroatoms. The summed E-state index contributed by atoms with van der Waals surface area (Å²) in [6.07, 6.45) is -1.06. The van der Waals surface area contributed by atoms with E-state index in [9.17, 15) is 14.7 Å². The summed E-state index contributed by atoms with van der Waals surface area (Å²) in [5.74, 6) is 0.0646. The fourth-order valence-corrected chi connectivity index (χ4v) is 2.80. The smallest absolute Gasteiger partial charge is 0.258 e. The van der Waals surface area contributed by atoms with E-state index in [1.807, 2.05) is 27.7 Å². The molecule has 0 heterocycles. The van der Waals surface area contributed by atoms with Crippen LogP contribution in [0, 0.1) is 0 Å². The summed E-state index contributed by atoms with van der Waals surface area (Å²) < 4.78 is 5.33. The molecule has 0 radical (unpaired) electrons. The van der Waals surface area contributed by atoms with Crippen molar-refractivity contribution in [1.29, 1.82) is 0 Å². The molecule has 0 aliphatic rings. The molecule has 0 bridgehead atoms. The number of ketones is 1. The van der Waals surface area contributed by atoms with E-state index >= 15 is 0 Å². The monoisotopic (exact) mass is 321 g/mol. The number of benzene rings is 1. The molecule has 1 rings (SSSR count). The van der Waals surface area contributed by atoms with E-state index in [1.54, 1.807) is 23.1 Å². The normalized spacial score (nSPS) is 12.4. The molecular formula is C18H27NO4. The molecule has 23 heavy (non-hydrogen) atoms. The van der Waals surface area contributed by atoms with E-state index in [2.05, 4.69) is 0 Å². The van der Waals surface area contributed by atoms with Crippen LogP contribution in [0.4, 0.5) is 0 Å². The third-order valence-electron chi connectivity index (χ3n) is 3.68. The first-order valence-electron chi connectivity index (χ1n) is 7.87. The maximum atomic E-state index is 13.1. The number of nitrogens with zero attached hydrogens (tertiary/aromatic N) is 1. The minimum Gasteiger partial charge on any atom is -0.496 e. The lowest BCUT2D eigenvalue weighted by Crippen LogP contribution is -2.42. The zero-order chi connectivity index (χ0) is 17.7. The maximum Gasteiger partial charge on any atom is 0.258 e. The summed E-state index contributed by atoms with van der Waals surface area (Å²) >= 11 is 0. The predicted octanol–water partition coefficient (Wildman–Crippen LogP) is 2.97. The number of hydrogen-bond donors (Lipinski definition) is 1. The second-order valence-corrected chi connectivity index (χ2v) is 6.25. The predicted molar refractivity (Wildman–Crippen MR) is 89.7 cm³/mol. The van der Waals surface area contributed by atoms with Crippen LogP contribution in [0.25, 0.3) is 0 Å². The van der Waals surface area contributed by atoms with Gasteiger partial charge in [0, 0.05) is 18.5 Å². The number of Topliss-reactive ketones (excluding diaryl/α,β-unsaturated/α-hetero) is 1. The summed E-state index contributed by atoms with van der Waals surface area (Å²) in [6.45, 7) is 9.19. The molecule has 1 aromatic rings. The maximum absolute atomic E-state index is 13.1. The SMILES string of the molecule is COc1cccc([C@@H](O)CC(C)=O)c1C(=O)N(C(C)C)C(C)C. The first-order valence-corrected chi connectivity index (χ1v) is 7.87. The second kappa shape index (κ2) is 8.11. The molecular weight excluding hydrogens is 294 g/mol. The molecule has 1 N–H and O–H groups in total. The molecule has 1 atom stereocenters. The molecule has 0 aliphatic heterocycles. The largest absolute Gasteiger partial charge is 0.496 e. The minimum atomic E-state index is -1.03. The van der Waals surface area contributed by atoms with Gasteiger partial charge in [0.15, 0.2) is 0 Å².